The van der Waals surface area contributed by atoms with Gasteiger partial charge in [-0.1, -0.05) is 25.6 Å². The summed E-state index contributed by atoms with van der Waals surface area (Å²) < 4.78 is 2.14. The monoisotopic (exact) mass is 117 g/mol. The number of rotatable bonds is 0. The average Bonchev–Trinajstić information content (AvgIpc) is 0.918. The molecule has 28 valence electrons. The predicted molar refractivity (Wildman–Crippen MR) is 28.4 cm³/mol. The first-order valence-corrected chi connectivity index (χ1v) is 1.34. The van der Waals surface area contributed by atoms with Crippen LogP contribution in [0.15, 0.2) is 0 Å². The van der Waals surface area contributed by atoms with Crippen molar-refractivity contribution in [1.29, 1.82) is 0 Å². The van der Waals surface area contributed by atoms with Gasteiger partial charge in [0, 0.05) is 0 Å². The fraction of sp³-hybridized carbons (Fsp3) is 0. The van der Waals surface area contributed by atoms with Crippen molar-refractivity contribution in [2.75, 3.05) is 0 Å². The summed E-state index contributed by atoms with van der Waals surface area (Å²) >= 11 is 6.81. The van der Waals surface area contributed by atoms with Crippen molar-refractivity contribution in [3.8, 4) is 0 Å². The van der Waals surface area contributed by atoms with Crippen molar-refractivity contribution >= 4 is 38.0 Å². The molecule has 1 nitrogen and oxygen atoms in total. The SMILES string of the molecule is Cl.SNS. The van der Waals surface area contributed by atoms with E-state index in [4.69, 9.17) is 0 Å². The summed E-state index contributed by atoms with van der Waals surface area (Å²) in [6.07, 6.45) is 0. The quantitative estimate of drug-likeness (QED) is 0.397. The third-order valence-corrected chi connectivity index (χ3v) is 0. The van der Waals surface area contributed by atoms with Crippen LogP contribution >= 0.6 is 38.0 Å². The van der Waals surface area contributed by atoms with Gasteiger partial charge in [-0.2, -0.15) is 0 Å². The van der Waals surface area contributed by atoms with Gasteiger partial charge in [0.05, 0.1) is 0 Å². The number of halogens is 1. The Kier molecular flexibility index (Phi) is 20.1. The van der Waals surface area contributed by atoms with Crippen LogP contribution in [-0.2, 0) is 0 Å². The van der Waals surface area contributed by atoms with Crippen LogP contribution in [0.1, 0.15) is 0 Å². The maximum atomic E-state index is 3.40. The van der Waals surface area contributed by atoms with E-state index in [0.717, 1.165) is 0 Å². The van der Waals surface area contributed by atoms with Crippen molar-refractivity contribution < 1.29 is 0 Å². The lowest BCUT2D eigenvalue weighted by molar-refractivity contribution is 1.83. The first kappa shape index (κ1) is 8.87. The van der Waals surface area contributed by atoms with Crippen LogP contribution in [0.5, 0.6) is 0 Å². The fourth-order valence-corrected chi connectivity index (χ4v) is 0. The Labute approximate surface area is 42.7 Å². The number of hydrogen-bond donors (Lipinski definition) is 3. The maximum Gasteiger partial charge on any atom is -0.0891 e. The van der Waals surface area contributed by atoms with E-state index in [1.165, 1.54) is 0 Å². The number of nitrogens with one attached hydrogen (secondary N) is 1. The van der Waals surface area contributed by atoms with Gasteiger partial charge in [0.1, 0.15) is 0 Å². The Bertz CT molecular complexity index is 6.00. The Morgan fingerprint density at radius 1 is 1.25 bits per heavy atom. The van der Waals surface area contributed by atoms with Gasteiger partial charge in [0.15, 0.2) is 0 Å². The van der Waals surface area contributed by atoms with E-state index in [0.29, 0.717) is 0 Å². The smallest absolute Gasteiger partial charge is 0.0891 e. The van der Waals surface area contributed by atoms with E-state index in [-0.39, 0.29) is 12.4 Å². The molecule has 0 heterocycles. The normalized spacial score (nSPS) is 4.50. The minimum absolute atomic E-state index is 0. The average molecular weight is 118 g/mol. The fourth-order valence-electron chi connectivity index (χ4n) is 0. The number of thiol groups is 2. The van der Waals surface area contributed by atoms with E-state index in [1.54, 1.807) is 0 Å². The molecule has 1 N–H and O–H groups in total. The molecule has 0 aliphatic rings. The lowest BCUT2D eigenvalue weighted by Crippen LogP contribution is -1.60. The third kappa shape index (κ3) is 12.4. The standard InChI is InChI=1S/ClH.H3NS2/c;2-1-3/h1H;1-3H. The molecule has 0 rings (SSSR count). The van der Waals surface area contributed by atoms with Gasteiger partial charge in [-0.3, -0.25) is 0 Å². The van der Waals surface area contributed by atoms with Gasteiger partial charge in [-0.05, 0) is 0 Å². The van der Waals surface area contributed by atoms with Gasteiger partial charge >= 0.3 is 0 Å². The maximum absolute atomic E-state index is 3.40. The second-order valence-electron chi connectivity index (χ2n) is 0.100. The molecular weight excluding hydrogens is 114 g/mol. The molecule has 4 heavy (non-hydrogen) atoms. The van der Waals surface area contributed by atoms with Crippen molar-refractivity contribution in [2.45, 2.75) is 0 Å². The number of hydrogen-bond acceptors (Lipinski definition) is 3. The van der Waals surface area contributed by atoms with Crippen LogP contribution in [-0.4, -0.2) is 0 Å². The molecule has 0 unspecified atom stereocenters. The van der Waals surface area contributed by atoms with E-state index in [9.17, 15) is 0 Å². The zero-order valence-electron chi connectivity index (χ0n) is 1.80. The van der Waals surface area contributed by atoms with Gasteiger partial charge in [0.25, 0.3) is 0 Å². The van der Waals surface area contributed by atoms with Crippen molar-refractivity contribution in [2.24, 2.45) is 0 Å². The lowest BCUT2D eigenvalue weighted by atomic mass is 13.9. The third-order valence-electron chi connectivity index (χ3n) is 0. The van der Waals surface area contributed by atoms with Crippen LogP contribution in [0.2, 0.25) is 0 Å². The Morgan fingerprint density at radius 3 is 1.25 bits per heavy atom. The molecule has 0 atom stereocenters. The molecule has 0 radical (unpaired) electrons. The molecule has 0 aliphatic heterocycles. The molecule has 0 aromatic rings. The van der Waals surface area contributed by atoms with Gasteiger partial charge in [-0.25, -0.2) is 4.13 Å². The highest BCUT2D eigenvalue weighted by atomic mass is 35.5. The zero-order valence-corrected chi connectivity index (χ0v) is 4.41. The summed E-state index contributed by atoms with van der Waals surface area (Å²) in [6.45, 7) is 0. The molecule has 0 bridgehead atoms. The topological polar surface area (TPSA) is 12.0 Å². The zero-order chi connectivity index (χ0) is 2.71. The Morgan fingerprint density at radius 2 is 1.25 bits per heavy atom. The molecule has 0 aliphatic carbocycles. The highest BCUT2D eigenvalue weighted by Gasteiger charge is 1.26. The van der Waals surface area contributed by atoms with Crippen molar-refractivity contribution in [3.05, 3.63) is 0 Å². The summed E-state index contributed by atoms with van der Waals surface area (Å²) in [7, 11) is 0. The lowest BCUT2D eigenvalue weighted by Gasteiger charge is -1.57. The molecule has 0 saturated carbocycles. The van der Waals surface area contributed by atoms with Crippen LogP contribution in [0.4, 0.5) is 0 Å². The second-order valence-corrected chi connectivity index (χ2v) is 0.900. The molecule has 0 amide bonds. The summed E-state index contributed by atoms with van der Waals surface area (Å²) in [5.41, 5.74) is 0. The van der Waals surface area contributed by atoms with E-state index < -0.39 is 0 Å². The molecule has 0 aromatic carbocycles. The second kappa shape index (κ2) is 9.04. The van der Waals surface area contributed by atoms with Gasteiger partial charge in [0.2, 0.25) is 0 Å². The van der Waals surface area contributed by atoms with Crippen molar-refractivity contribution in [3.63, 3.8) is 0 Å². The van der Waals surface area contributed by atoms with Crippen molar-refractivity contribution in [1.82, 2.24) is 4.13 Å². The Balaban J connectivity index is 0. The minimum atomic E-state index is 0. The Hall–Kier alpha value is 0.950. The highest BCUT2D eigenvalue weighted by molar-refractivity contribution is 7.94. The molecule has 0 fully saturated rings. The van der Waals surface area contributed by atoms with Gasteiger partial charge < -0.3 is 0 Å². The largest absolute Gasteiger partial charge is 0.213 e. The minimum Gasteiger partial charge on any atom is -0.213 e. The first-order chi connectivity index (χ1) is 1.41. The van der Waals surface area contributed by atoms with Crippen LogP contribution in [0.3, 0.4) is 0 Å². The summed E-state index contributed by atoms with van der Waals surface area (Å²) in [4.78, 5) is 0. The molecule has 0 aromatic heterocycles. The predicted octanol–water partition coefficient (Wildman–Crippen LogP) is 0.687. The summed E-state index contributed by atoms with van der Waals surface area (Å²) in [6, 6.07) is 0. The van der Waals surface area contributed by atoms with Crippen LogP contribution < -0.4 is 4.13 Å². The van der Waals surface area contributed by atoms with E-state index in [2.05, 4.69) is 29.8 Å². The molecule has 0 spiro atoms. The molecule has 4 heteroatoms. The summed E-state index contributed by atoms with van der Waals surface area (Å²) in [5, 5.41) is 0. The highest BCUT2D eigenvalue weighted by Crippen LogP contribution is 1.54. The van der Waals surface area contributed by atoms with Gasteiger partial charge in [-0.15, -0.1) is 12.4 Å². The van der Waals surface area contributed by atoms with E-state index in [1.807, 2.05) is 0 Å². The first-order valence-electron chi connectivity index (χ1n) is 0.447. The summed E-state index contributed by atoms with van der Waals surface area (Å²) in [5.74, 6) is 0. The molecular formula is H4ClNS2. The van der Waals surface area contributed by atoms with Crippen LogP contribution in [0.25, 0.3) is 0 Å². The van der Waals surface area contributed by atoms with E-state index >= 15 is 0 Å². The van der Waals surface area contributed by atoms with Crippen LogP contribution in [0, 0.1) is 0 Å². The molecule has 0 saturated heterocycles.